The van der Waals surface area contributed by atoms with Gasteiger partial charge >= 0.3 is 0 Å². The monoisotopic (exact) mass is 138 g/mol. The Bertz CT molecular complexity index is 182. The van der Waals surface area contributed by atoms with Gasteiger partial charge in [0.15, 0.2) is 0 Å². The number of aliphatic imine (C=N–C) groups is 1. The Morgan fingerprint density at radius 3 is 3.30 bits per heavy atom. The summed E-state index contributed by atoms with van der Waals surface area (Å²) in [5, 5.41) is 3.66. The largest absolute Gasteiger partial charge is 0.392 e. The van der Waals surface area contributed by atoms with Crippen LogP contribution in [0.3, 0.4) is 0 Å². The van der Waals surface area contributed by atoms with E-state index in [1.165, 1.54) is 0 Å². The van der Waals surface area contributed by atoms with E-state index in [4.69, 9.17) is 4.84 Å². The van der Waals surface area contributed by atoms with E-state index in [0.29, 0.717) is 6.61 Å². The average molecular weight is 138 g/mol. The lowest BCUT2D eigenvalue weighted by Crippen LogP contribution is -1.82. The maximum absolute atomic E-state index is 4.84. The van der Waals surface area contributed by atoms with E-state index >= 15 is 0 Å². The van der Waals surface area contributed by atoms with Crippen molar-refractivity contribution in [3.63, 3.8) is 0 Å². The van der Waals surface area contributed by atoms with Crippen LogP contribution >= 0.6 is 0 Å². The molecule has 3 nitrogen and oxygen atoms in total. The lowest BCUT2D eigenvalue weighted by molar-refractivity contribution is 0.175. The topological polar surface area (TPSA) is 34.0 Å². The Kier molecular flexibility index (Phi) is 2.67. The van der Waals surface area contributed by atoms with Crippen LogP contribution in [0.5, 0.6) is 0 Å². The Labute approximate surface area is 60.1 Å². The highest BCUT2D eigenvalue weighted by atomic mass is 16.6. The highest BCUT2D eigenvalue weighted by Crippen LogP contribution is 1.95. The Hall–Kier alpha value is -1.12. The molecule has 0 fully saturated rings. The highest BCUT2D eigenvalue weighted by molar-refractivity contribution is 5.79. The summed E-state index contributed by atoms with van der Waals surface area (Å²) >= 11 is 0. The van der Waals surface area contributed by atoms with Gasteiger partial charge < -0.3 is 4.84 Å². The molecule has 1 heterocycles. The number of rotatable bonds is 0. The number of hydrogen-bond acceptors (Lipinski definition) is 3. The first-order valence-corrected chi connectivity index (χ1v) is 3.22. The van der Waals surface area contributed by atoms with Gasteiger partial charge in [0.05, 0.1) is 0 Å². The highest BCUT2D eigenvalue weighted by Gasteiger charge is 1.85. The molecule has 0 saturated heterocycles. The fourth-order valence-corrected chi connectivity index (χ4v) is 0.593. The molecule has 0 unspecified atom stereocenters. The molecule has 10 heavy (non-hydrogen) atoms. The summed E-state index contributed by atoms with van der Waals surface area (Å²) in [6, 6.07) is 0. The van der Waals surface area contributed by atoms with E-state index in [2.05, 4.69) is 10.1 Å². The van der Waals surface area contributed by atoms with Crippen molar-refractivity contribution in [1.82, 2.24) is 0 Å². The second-order valence-electron chi connectivity index (χ2n) is 1.98. The van der Waals surface area contributed by atoms with Crippen LogP contribution in [0.25, 0.3) is 0 Å². The van der Waals surface area contributed by atoms with E-state index in [1.807, 2.05) is 19.2 Å². The van der Waals surface area contributed by atoms with Crippen LogP contribution < -0.4 is 0 Å². The standard InChI is InChI=1S/C7H10N2O/c1-7-3-6-10-9-5-2-4-8-7/h3-5H,2,6H2,1H3/b7-3-,8-4?,9-5-. The minimum atomic E-state index is 0.514. The zero-order valence-electron chi connectivity index (χ0n) is 5.95. The first-order chi connectivity index (χ1) is 4.89. The second kappa shape index (κ2) is 3.82. The summed E-state index contributed by atoms with van der Waals surface area (Å²) in [4.78, 5) is 8.95. The van der Waals surface area contributed by atoms with Crippen LogP contribution in [0.1, 0.15) is 13.3 Å². The maximum Gasteiger partial charge on any atom is 0.137 e. The van der Waals surface area contributed by atoms with E-state index in [9.17, 15) is 0 Å². The van der Waals surface area contributed by atoms with Gasteiger partial charge in [-0.1, -0.05) is 5.16 Å². The predicted molar refractivity (Wildman–Crippen MR) is 41.3 cm³/mol. The van der Waals surface area contributed by atoms with Crippen LogP contribution in [0, 0.1) is 0 Å². The molecule has 54 valence electrons. The van der Waals surface area contributed by atoms with Gasteiger partial charge in [0, 0.05) is 24.5 Å². The molecule has 1 aliphatic heterocycles. The van der Waals surface area contributed by atoms with E-state index < -0.39 is 0 Å². The summed E-state index contributed by atoms with van der Waals surface area (Å²) < 4.78 is 0. The van der Waals surface area contributed by atoms with Gasteiger partial charge in [0.25, 0.3) is 0 Å². The zero-order valence-corrected chi connectivity index (χ0v) is 5.95. The minimum absolute atomic E-state index is 0.514. The van der Waals surface area contributed by atoms with Crippen molar-refractivity contribution in [3.05, 3.63) is 11.8 Å². The van der Waals surface area contributed by atoms with Crippen LogP contribution in [-0.4, -0.2) is 19.0 Å². The Morgan fingerprint density at radius 1 is 1.50 bits per heavy atom. The normalized spacial score (nSPS) is 26.7. The molecule has 0 bridgehead atoms. The van der Waals surface area contributed by atoms with Gasteiger partial charge in [-0.05, 0) is 13.0 Å². The quantitative estimate of drug-likeness (QED) is 0.497. The molecule has 0 spiro atoms. The van der Waals surface area contributed by atoms with Gasteiger partial charge in [-0.3, -0.25) is 4.99 Å². The first kappa shape index (κ1) is 6.99. The van der Waals surface area contributed by atoms with Crippen LogP contribution in [-0.2, 0) is 4.84 Å². The van der Waals surface area contributed by atoms with Crippen LogP contribution in [0.4, 0.5) is 0 Å². The third-order valence-electron chi connectivity index (χ3n) is 1.11. The summed E-state index contributed by atoms with van der Waals surface area (Å²) in [6.45, 7) is 2.45. The molecule has 0 N–H and O–H groups in total. The summed E-state index contributed by atoms with van der Waals surface area (Å²) in [7, 11) is 0. The van der Waals surface area contributed by atoms with Crippen molar-refractivity contribution < 1.29 is 4.84 Å². The molecule has 0 radical (unpaired) electrons. The van der Waals surface area contributed by atoms with Crippen molar-refractivity contribution in [1.29, 1.82) is 0 Å². The van der Waals surface area contributed by atoms with Gasteiger partial charge in [-0.2, -0.15) is 0 Å². The van der Waals surface area contributed by atoms with E-state index in [-0.39, 0.29) is 0 Å². The molecule has 1 aliphatic rings. The molecule has 0 aromatic carbocycles. The predicted octanol–water partition coefficient (Wildman–Crippen LogP) is 1.37. The fourth-order valence-electron chi connectivity index (χ4n) is 0.593. The summed E-state index contributed by atoms with van der Waals surface area (Å²) in [5.74, 6) is 0. The lowest BCUT2D eigenvalue weighted by Gasteiger charge is -1.90. The third-order valence-corrected chi connectivity index (χ3v) is 1.11. The molecule has 0 aromatic rings. The van der Waals surface area contributed by atoms with Gasteiger partial charge in [0.2, 0.25) is 0 Å². The summed E-state index contributed by atoms with van der Waals surface area (Å²) in [5.41, 5.74) is 0.977. The molecule has 0 aromatic heterocycles. The number of allylic oxidation sites excluding steroid dienone is 1. The summed E-state index contributed by atoms with van der Waals surface area (Å²) in [6.07, 6.45) is 6.13. The van der Waals surface area contributed by atoms with Crippen molar-refractivity contribution in [2.45, 2.75) is 13.3 Å². The second-order valence-corrected chi connectivity index (χ2v) is 1.98. The number of nitrogens with zero attached hydrogens (tertiary/aromatic N) is 2. The molecule has 0 aliphatic carbocycles. The van der Waals surface area contributed by atoms with Gasteiger partial charge in [-0.15, -0.1) is 0 Å². The molecule has 0 amide bonds. The Morgan fingerprint density at radius 2 is 2.40 bits per heavy atom. The van der Waals surface area contributed by atoms with Gasteiger partial charge in [-0.25, -0.2) is 0 Å². The molecule has 0 atom stereocenters. The number of oxime groups is 1. The Balaban J connectivity index is 2.56. The van der Waals surface area contributed by atoms with Crippen molar-refractivity contribution in [2.75, 3.05) is 6.61 Å². The number of hydrogen-bond donors (Lipinski definition) is 0. The lowest BCUT2D eigenvalue weighted by atomic mass is 10.4. The molecular formula is C7H10N2O. The SMILES string of the molecule is C/C1=C/CO/N=C\CC=N1. The van der Waals surface area contributed by atoms with Crippen molar-refractivity contribution in [3.8, 4) is 0 Å². The molecular weight excluding hydrogens is 128 g/mol. The maximum atomic E-state index is 4.84. The van der Waals surface area contributed by atoms with Crippen LogP contribution in [0.2, 0.25) is 0 Å². The first-order valence-electron chi connectivity index (χ1n) is 3.22. The fraction of sp³-hybridized carbons (Fsp3) is 0.429. The molecule has 0 saturated carbocycles. The van der Waals surface area contributed by atoms with Crippen LogP contribution in [0.15, 0.2) is 21.9 Å². The smallest absolute Gasteiger partial charge is 0.137 e. The third kappa shape index (κ3) is 2.44. The molecule has 1 rings (SSSR count). The molecule has 3 heteroatoms. The zero-order chi connectivity index (χ0) is 7.23. The van der Waals surface area contributed by atoms with Crippen molar-refractivity contribution in [2.24, 2.45) is 10.1 Å². The van der Waals surface area contributed by atoms with Crippen molar-refractivity contribution >= 4 is 12.4 Å². The minimum Gasteiger partial charge on any atom is -0.392 e. The average Bonchev–Trinajstić information content (AvgIpc) is 2.02. The van der Waals surface area contributed by atoms with Gasteiger partial charge in [0.1, 0.15) is 6.61 Å². The van der Waals surface area contributed by atoms with E-state index in [0.717, 1.165) is 12.1 Å². The van der Waals surface area contributed by atoms with E-state index in [1.54, 1.807) is 6.21 Å².